The summed E-state index contributed by atoms with van der Waals surface area (Å²) in [5, 5.41) is 24.2. The van der Waals surface area contributed by atoms with Crippen LogP contribution in [-0.2, 0) is 12.8 Å². The van der Waals surface area contributed by atoms with E-state index in [9.17, 15) is 5.11 Å². The van der Waals surface area contributed by atoms with Gasteiger partial charge in [0.15, 0.2) is 0 Å². The Bertz CT molecular complexity index is 698. The minimum atomic E-state index is -0.585. The molecule has 0 fully saturated rings. The second-order valence-electron chi connectivity index (χ2n) is 5.81. The first-order chi connectivity index (χ1) is 11.3. The Labute approximate surface area is 152 Å². The number of fused-ring (bicyclic) bond motifs is 1. The van der Waals surface area contributed by atoms with Crippen LogP contribution in [0.25, 0.3) is 0 Å². The molecular weight excluding hydrogens is 344 g/mol. The lowest BCUT2D eigenvalue weighted by Crippen LogP contribution is -2.40. The Morgan fingerprint density at radius 3 is 2.92 bits per heavy atom. The smallest absolute Gasteiger partial charge is 0.148 e. The average Bonchev–Trinajstić information content (AvgIpc) is 3.05. The summed E-state index contributed by atoms with van der Waals surface area (Å²) in [6.45, 7) is 0.695. The lowest BCUT2D eigenvalue weighted by atomic mass is 9.88. The zero-order valence-electron chi connectivity index (χ0n) is 13.3. The first kappa shape index (κ1) is 18.8. The molecule has 6 heteroatoms. The highest BCUT2D eigenvalue weighted by Gasteiger charge is 2.19. The molecule has 1 aliphatic rings. The van der Waals surface area contributed by atoms with Crippen molar-refractivity contribution in [3.8, 4) is 11.8 Å². The maximum absolute atomic E-state index is 10.1. The summed E-state index contributed by atoms with van der Waals surface area (Å²) < 4.78 is 5.52. The van der Waals surface area contributed by atoms with E-state index in [2.05, 4.69) is 35.7 Å². The number of rotatable bonds is 6. The second kappa shape index (κ2) is 9.05. The van der Waals surface area contributed by atoms with Crippen LogP contribution in [-0.4, -0.2) is 30.4 Å². The van der Waals surface area contributed by atoms with Gasteiger partial charge < -0.3 is 15.2 Å². The molecule has 0 bridgehead atoms. The molecule has 128 valence electrons. The number of thiophene rings is 1. The molecule has 4 nitrogen and oxygen atoms in total. The number of nitriles is 1. The van der Waals surface area contributed by atoms with Gasteiger partial charge in [0.2, 0.25) is 0 Å². The normalized spacial score (nSPS) is 17.2. The van der Waals surface area contributed by atoms with Crippen LogP contribution in [0.3, 0.4) is 0 Å². The number of benzene rings is 1. The number of nitrogens with one attached hydrogen (secondary N) is 1. The van der Waals surface area contributed by atoms with Crippen molar-refractivity contribution in [3.05, 3.63) is 51.7 Å². The van der Waals surface area contributed by atoms with Gasteiger partial charge >= 0.3 is 0 Å². The Kier molecular flexibility index (Phi) is 7.07. The summed E-state index contributed by atoms with van der Waals surface area (Å²) in [5.41, 5.74) is 2.84. The molecule has 0 amide bonds. The highest BCUT2D eigenvalue weighted by molar-refractivity contribution is 7.10. The lowest BCUT2D eigenvalue weighted by Gasteiger charge is -2.26. The van der Waals surface area contributed by atoms with Crippen molar-refractivity contribution >= 4 is 23.7 Å². The Balaban J connectivity index is 0.00000208. The molecule has 24 heavy (non-hydrogen) atoms. The van der Waals surface area contributed by atoms with Crippen molar-refractivity contribution in [1.82, 2.24) is 5.32 Å². The number of hydrogen-bond acceptors (Lipinski definition) is 5. The summed E-state index contributed by atoms with van der Waals surface area (Å²) in [6.07, 6.45) is 2.60. The molecule has 2 N–H and O–H groups in total. The summed E-state index contributed by atoms with van der Waals surface area (Å²) in [6, 6.07) is 12.8. The van der Waals surface area contributed by atoms with Gasteiger partial charge in [-0.15, -0.1) is 23.7 Å². The molecule has 1 aromatic carbocycles. The van der Waals surface area contributed by atoms with E-state index in [4.69, 9.17) is 10.00 Å². The molecule has 3 rings (SSSR count). The van der Waals surface area contributed by atoms with Crippen molar-refractivity contribution in [1.29, 1.82) is 5.26 Å². The minimum Gasteiger partial charge on any atom is -0.489 e. The van der Waals surface area contributed by atoms with Crippen LogP contribution in [0.2, 0.25) is 0 Å². The Morgan fingerprint density at radius 2 is 2.12 bits per heavy atom. The molecule has 0 saturated heterocycles. The number of halogens is 1. The molecule has 1 aliphatic carbocycles. The fourth-order valence-electron chi connectivity index (χ4n) is 2.91. The molecule has 2 atom stereocenters. The van der Waals surface area contributed by atoms with Gasteiger partial charge in [0.1, 0.15) is 29.4 Å². The van der Waals surface area contributed by atoms with E-state index in [-0.39, 0.29) is 19.0 Å². The molecule has 0 aliphatic heterocycles. The van der Waals surface area contributed by atoms with Crippen molar-refractivity contribution in [3.63, 3.8) is 0 Å². The molecule has 0 saturated carbocycles. The third kappa shape index (κ3) is 4.71. The van der Waals surface area contributed by atoms with Crippen LogP contribution in [0.15, 0.2) is 35.7 Å². The predicted molar refractivity (Wildman–Crippen MR) is 98.0 cm³/mol. The van der Waals surface area contributed by atoms with Gasteiger partial charge in [-0.2, -0.15) is 5.26 Å². The number of aliphatic hydroxyl groups excluding tert-OH is 1. The molecule has 0 spiro atoms. The fourth-order valence-corrected chi connectivity index (χ4v) is 3.54. The largest absolute Gasteiger partial charge is 0.489 e. The van der Waals surface area contributed by atoms with Crippen LogP contribution in [0, 0.1) is 11.3 Å². The van der Waals surface area contributed by atoms with E-state index < -0.39 is 6.10 Å². The van der Waals surface area contributed by atoms with E-state index in [1.54, 1.807) is 6.07 Å². The fraction of sp³-hybridized carbons (Fsp3) is 0.389. The van der Waals surface area contributed by atoms with Crippen molar-refractivity contribution < 1.29 is 9.84 Å². The number of ether oxygens (including phenoxy) is 1. The maximum Gasteiger partial charge on any atom is 0.148 e. The molecular formula is C18H21ClN2O2S. The maximum atomic E-state index is 10.1. The van der Waals surface area contributed by atoms with Crippen molar-refractivity contribution in [2.45, 2.75) is 31.4 Å². The molecule has 1 heterocycles. The quantitative estimate of drug-likeness (QED) is 0.827. The Hall–Kier alpha value is -1.58. The SMILES string of the molecule is Cl.N#Cc1sccc1OCC(O)CNC1CCc2ccccc2C1. The van der Waals surface area contributed by atoms with Gasteiger partial charge in [-0.05, 0) is 41.8 Å². The number of hydrogen-bond donors (Lipinski definition) is 2. The van der Waals surface area contributed by atoms with E-state index in [0.717, 1.165) is 19.3 Å². The predicted octanol–water partition coefficient (Wildman–Crippen LogP) is 2.93. The topological polar surface area (TPSA) is 65.3 Å². The van der Waals surface area contributed by atoms with Gasteiger partial charge in [0, 0.05) is 12.6 Å². The van der Waals surface area contributed by atoms with Crippen LogP contribution >= 0.6 is 23.7 Å². The average molecular weight is 365 g/mol. The van der Waals surface area contributed by atoms with E-state index in [0.29, 0.717) is 23.2 Å². The van der Waals surface area contributed by atoms with E-state index >= 15 is 0 Å². The first-order valence-corrected chi connectivity index (χ1v) is 8.73. The highest BCUT2D eigenvalue weighted by atomic mass is 35.5. The van der Waals surface area contributed by atoms with Gasteiger partial charge in [0.05, 0.1) is 0 Å². The van der Waals surface area contributed by atoms with E-state index in [1.165, 1.54) is 22.5 Å². The lowest BCUT2D eigenvalue weighted by molar-refractivity contribution is 0.103. The second-order valence-corrected chi connectivity index (χ2v) is 6.72. The number of aryl methyl sites for hydroxylation is 1. The molecule has 2 aromatic rings. The Morgan fingerprint density at radius 1 is 1.33 bits per heavy atom. The number of nitrogens with zero attached hydrogens (tertiary/aromatic N) is 1. The summed E-state index contributed by atoms with van der Waals surface area (Å²) in [7, 11) is 0. The van der Waals surface area contributed by atoms with Gasteiger partial charge in [0.25, 0.3) is 0 Å². The number of aliphatic hydroxyl groups is 1. The van der Waals surface area contributed by atoms with Gasteiger partial charge in [-0.25, -0.2) is 0 Å². The van der Waals surface area contributed by atoms with Gasteiger partial charge in [-0.1, -0.05) is 24.3 Å². The van der Waals surface area contributed by atoms with Crippen LogP contribution in [0.5, 0.6) is 5.75 Å². The summed E-state index contributed by atoms with van der Waals surface area (Å²) >= 11 is 1.35. The minimum absolute atomic E-state index is 0. The van der Waals surface area contributed by atoms with Crippen LogP contribution < -0.4 is 10.1 Å². The zero-order valence-corrected chi connectivity index (χ0v) is 14.9. The standard InChI is InChI=1S/C18H20N2O2S.ClH/c19-10-18-17(7-8-23-18)22-12-16(21)11-20-15-6-5-13-3-1-2-4-14(13)9-15;/h1-4,7-8,15-16,20-21H,5-6,9,11-12H2;1H. The van der Waals surface area contributed by atoms with Crippen LogP contribution in [0.1, 0.15) is 22.4 Å². The van der Waals surface area contributed by atoms with E-state index in [1.807, 2.05) is 5.38 Å². The molecule has 1 aromatic heterocycles. The first-order valence-electron chi connectivity index (χ1n) is 7.85. The van der Waals surface area contributed by atoms with Crippen LogP contribution in [0.4, 0.5) is 0 Å². The molecule has 2 unspecified atom stereocenters. The third-order valence-electron chi connectivity index (χ3n) is 4.15. The summed E-state index contributed by atoms with van der Waals surface area (Å²) in [4.78, 5) is 0.550. The highest BCUT2D eigenvalue weighted by Crippen LogP contribution is 2.24. The van der Waals surface area contributed by atoms with Crippen molar-refractivity contribution in [2.75, 3.05) is 13.2 Å². The summed E-state index contributed by atoms with van der Waals surface area (Å²) in [5.74, 6) is 0.558. The van der Waals surface area contributed by atoms with Gasteiger partial charge in [-0.3, -0.25) is 0 Å². The molecule has 0 radical (unpaired) electrons. The van der Waals surface area contributed by atoms with Crippen molar-refractivity contribution in [2.24, 2.45) is 0 Å². The monoisotopic (exact) mass is 364 g/mol. The zero-order chi connectivity index (χ0) is 16.1. The third-order valence-corrected chi connectivity index (χ3v) is 4.95.